The Labute approximate surface area is 95.4 Å². The number of rotatable bonds is 5. The van der Waals surface area contributed by atoms with Crippen LogP contribution in [0.15, 0.2) is 0 Å². The summed E-state index contributed by atoms with van der Waals surface area (Å²) in [6.07, 6.45) is 1.54. The molecule has 1 unspecified atom stereocenters. The van der Waals surface area contributed by atoms with Crippen LogP contribution in [0.4, 0.5) is 0 Å². The molecule has 1 aliphatic rings. The fourth-order valence-electron chi connectivity index (χ4n) is 2.02. The van der Waals surface area contributed by atoms with Crippen molar-refractivity contribution in [3.63, 3.8) is 0 Å². The summed E-state index contributed by atoms with van der Waals surface area (Å²) in [5, 5.41) is 9.14. The van der Waals surface area contributed by atoms with Gasteiger partial charge in [-0.1, -0.05) is 0 Å². The molecule has 0 aliphatic carbocycles. The van der Waals surface area contributed by atoms with Crippen molar-refractivity contribution in [1.82, 2.24) is 4.90 Å². The summed E-state index contributed by atoms with van der Waals surface area (Å²) in [7, 11) is 0. The predicted molar refractivity (Wildman–Crippen MR) is 58.1 cm³/mol. The molecular weight excluding hydrogens is 210 g/mol. The number of hydrogen-bond donors (Lipinski definition) is 1. The van der Waals surface area contributed by atoms with E-state index in [4.69, 9.17) is 9.84 Å². The SMILES string of the molecule is CCOCCC(=O)N1CCCC1(C)C(=O)O. The number of hydrogen-bond acceptors (Lipinski definition) is 3. The summed E-state index contributed by atoms with van der Waals surface area (Å²) in [5.74, 6) is -1.05. The summed E-state index contributed by atoms with van der Waals surface area (Å²) < 4.78 is 5.10. The first-order valence-corrected chi connectivity index (χ1v) is 5.64. The van der Waals surface area contributed by atoms with Crippen LogP contribution < -0.4 is 0 Å². The van der Waals surface area contributed by atoms with Gasteiger partial charge in [-0.15, -0.1) is 0 Å². The first kappa shape index (κ1) is 13.0. The van der Waals surface area contributed by atoms with Crippen LogP contribution in [0.3, 0.4) is 0 Å². The van der Waals surface area contributed by atoms with Crippen LogP contribution in [0.2, 0.25) is 0 Å². The number of ether oxygens (including phenoxy) is 1. The molecule has 16 heavy (non-hydrogen) atoms. The van der Waals surface area contributed by atoms with Crippen molar-refractivity contribution in [2.75, 3.05) is 19.8 Å². The van der Waals surface area contributed by atoms with Gasteiger partial charge in [0.05, 0.1) is 13.0 Å². The van der Waals surface area contributed by atoms with Crippen molar-refractivity contribution in [1.29, 1.82) is 0 Å². The number of carbonyl (C=O) groups is 2. The number of likely N-dealkylation sites (tertiary alicyclic amines) is 1. The van der Waals surface area contributed by atoms with Gasteiger partial charge in [-0.3, -0.25) is 4.79 Å². The lowest BCUT2D eigenvalue weighted by molar-refractivity contribution is -0.155. The van der Waals surface area contributed by atoms with E-state index in [1.54, 1.807) is 6.92 Å². The lowest BCUT2D eigenvalue weighted by Crippen LogP contribution is -2.50. The van der Waals surface area contributed by atoms with Gasteiger partial charge in [-0.25, -0.2) is 4.79 Å². The normalized spacial score (nSPS) is 24.8. The molecule has 1 rings (SSSR count). The maximum atomic E-state index is 11.8. The van der Waals surface area contributed by atoms with Crippen molar-refractivity contribution < 1.29 is 19.4 Å². The quantitative estimate of drug-likeness (QED) is 0.711. The van der Waals surface area contributed by atoms with Gasteiger partial charge in [0.25, 0.3) is 0 Å². The number of amides is 1. The third-order valence-electron chi connectivity index (χ3n) is 3.07. The highest BCUT2D eigenvalue weighted by molar-refractivity contribution is 5.87. The summed E-state index contributed by atoms with van der Waals surface area (Å²) in [4.78, 5) is 24.4. The molecule has 5 nitrogen and oxygen atoms in total. The lowest BCUT2D eigenvalue weighted by Gasteiger charge is -2.31. The molecule has 0 aromatic heterocycles. The number of nitrogens with zero attached hydrogens (tertiary/aromatic N) is 1. The molecule has 1 fully saturated rings. The van der Waals surface area contributed by atoms with Crippen LogP contribution in [-0.4, -0.2) is 47.2 Å². The van der Waals surface area contributed by atoms with Crippen LogP contribution in [0.5, 0.6) is 0 Å². The van der Waals surface area contributed by atoms with Crippen LogP contribution >= 0.6 is 0 Å². The Bertz CT molecular complexity index is 279. The van der Waals surface area contributed by atoms with Crippen LogP contribution in [0, 0.1) is 0 Å². The zero-order valence-corrected chi connectivity index (χ0v) is 9.86. The smallest absolute Gasteiger partial charge is 0.329 e. The minimum absolute atomic E-state index is 0.129. The molecule has 0 spiro atoms. The van der Waals surface area contributed by atoms with E-state index >= 15 is 0 Å². The first-order valence-electron chi connectivity index (χ1n) is 5.64. The minimum Gasteiger partial charge on any atom is -0.480 e. The van der Waals surface area contributed by atoms with E-state index in [0.29, 0.717) is 26.2 Å². The molecule has 0 aromatic rings. The Morgan fingerprint density at radius 3 is 2.75 bits per heavy atom. The molecule has 1 amide bonds. The molecule has 0 saturated carbocycles. The largest absolute Gasteiger partial charge is 0.480 e. The molecule has 92 valence electrons. The molecule has 0 bridgehead atoms. The van der Waals surface area contributed by atoms with Gasteiger partial charge < -0.3 is 14.7 Å². The Morgan fingerprint density at radius 1 is 1.50 bits per heavy atom. The van der Waals surface area contributed by atoms with E-state index < -0.39 is 11.5 Å². The van der Waals surface area contributed by atoms with Gasteiger partial charge in [0.15, 0.2) is 0 Å². The first-order chi connectivity index (χ1) is 7.52. The molecule has 1 saturated heterocycles. The Kier molecular flexibility index (Phi) is 4.29. The van der Waals surface area contributed by atoms with Crippen molar-refractivity contribution >= 4 is 11.9 Å². The van der Waals surface area contributed by atoms with Gasteiger partial charge in [0.2, 0.25) is 5.91 Å². The van der Waals surface area contributed by atoms with E-state index in [1.807, 2.05) is 6.92 Å². The van der Waals surface area contributed by atoms with Gasteiger partial charge in [0.1, 0.15) is 5.54 Å². The highest BCUT2D eigenvalue weighted by Crippen LogP contribution is 2.29. The highest BCUT2D eigenvalue weighted by Gasteiger charge is 2.45. The molecule has 1 atom stereocenters. The van der Waals surface area contributed by atoms with Crippen molar-refractivity contribution in [2.45, 2.75) is 38.6 Å². The standard InChI is InChI=1S/C11H19NO4/c1-3-16-8-5-9(13)12-7-4-6-11(12,2)10(14)15/h3-8H2,1-2H3,(H,14,15). The Balaban J connectivity index is 2.58. The van der Waals surface area contributed by atoms with E-state index in [9.17, 15) is 9.59 Å². The van der Waals surface area contributed by atoms with Gasteiger partial charge in [-0.2, -0.15) is 0 Å². The summed E-state index contributed by atoms with van der Waals surface area (Å²) in [6.45, 7) is 4.95. The Hall–Kier alpha value is -1.10. The average Bonchev–Trinajstić information content (AvgIpc) is 2.62. The second-order valence-electron chi connectivity index (χ2n) is 4.17. The molecule has 5 heteroatoms. The maximum Gasteiger partial charge on any atom is 0.329 e. The molecule has 0 radical (unpaired) electrons. The van der Waals surface area contributed by atoms with Crippen molar-refractivity contribution in [3.8, 4) is 0 Å². The molecule has 1 aliphatic heterocycles. The second kappa shape index (κ2) is 5.30. The van der Waals surface area contributed by atoms with E-state index in [-0.39, 0.29) is 12.3 Å². The predicted octanol–water partition coefficient (Wildman–Crippen LogP) is 0.879. The number of carboxylic acid groups (broad SMARTS) is 1. The molecule has 0 aromatic carbocycles. The minimum atomic E-state index is -1.02. The van der Waals surface area contributed by atoms with E-state index in [1.165, 1.54) is 4.90 Å². The third-order valence-corrected chi connectivity index (χ3v) is 3.07. The highest BCUT2D eigenvalue weighted by atomic mass is 16.5. The van der Waals surface area contributed by atoms with Gasteiger partial charge >= 0.3 is 5.97 Å². The van der Waals surface area contributed by atoms with Crippen molar-refractivity contribution in [2.24, 2.45) is 0 Å². The van der Waals surface area contributed by atoms with E-state index in [0.717, 1.165) is 6.42 Å². The summed E-state index contributed by atoms with van der Waals surface area (Å²) in [6, 6.07) is 0. The fourth-order valence-corrected chi connectivity index (χ4v) is 2.02. The van der Waals surface area contributed by atoms with Crippen LogP contribution in [0.25, 0.3) is 0 Å². The monoisotopic (exact) mass is 229 g/mol. The summed E-state index contributed by atoms with van der Waals surface area (Å²) >= 11 is 0. The molecular formula is C11H19NO4. The van der Waals surface area contributed by atoms with Crippen LogP contribution in [-0.2, 0) is 14.3 Å². The van der Waals surface area contributed by atoms with E-state index in [2.05, 4.69) is 0 Å². The summed E-state index contributed by atoms with van der Waals surface area (Å²) in [5.41, 5.74) is -1.02. The topological polar surface area (TPSA) is 66.8 Å². The van der Waals surface area contributed by atoms with Crippen LogP contribution in [0.1, 0.15) is 33.1 Å². The number of carbonyl (C=O) groups excluding carboxylic acids is 1. The average molecular weight is 229 g/mol. The maximum absolute atomic E-state index is 11.8. The molecule has 1 heterocycles. The third kappa shape index (κ3) is 2.52. The fraction of sp³-hybridized carbons (Fsp3) is 0.818. The second-order valence-corrected chi connectivity index (χ2v) is 4.17. The van der Waals surface area contributed by atoms with Gasteiger partial charge in [0, 0.05) is 13.2 Å². The van der Waals surface area contributed by atoms with Crippen molar-refractivity contribution in [3.05, 3.63) is 0 Å². The zero-order chi connectivity index (χ0) is 12.2. The van der Waals surface area contributed by atoms with Gasteiger partial charge in [-0.05, 0) is 26.7 Å². The number of aliphatic carboxylic acids is 1. The molecule has 1 N–H and O–H groups in total. The lowest BCUT2D eigenvalue weighted by atomic mass is 9.99. The zero-order valence-electron chi connectivity index (χ0n) is 9.86. The number of carboxylic acids is 1. The Morgan fingerprint density at radius 2 is 2.19 bits per heavy atom.